The minimum absolute atomic E-state index is 0.191. The van der Waals surface area contributed by atoms with Crippen molar-refractivity contribution in [2.45, 2.75) is 33.1 Å². The summed E-state index contributed by atoms with van der Waals surface area (Å²) in [6.07, 6.45) is 9.73. The van der Waals surface area contributed by atoms with Crippen molar-refractivity contribution < 1.29 is 5.11 Å². The van der Waals surface area contributed by atoms with Gasteiger partial charge in [-0.15, -0.1) is 0 Å². The number of nitrogens with two attached hydrogens (primary N) is 2. The van der Waals surface area contributed by atoms with Crippen LogP contribution in [-0.2, 0) is 0 Å². The Morgan fingerprint density at radius 3 is 2.81 bits per heavy atom. The minimum Gasteiger partial charge on any atom is -0.512 e. The van der Waals surface area contributed by atoms with Gasteiger partial charge in [-0.1, -0.05) is 20.8 Å². The molecule has 2 unspecified atom stereocenters. The van der Waals surface area contributed by atoms with Crippen molar-refractivity contribution in [2.75, 3.05) is 12.4 Å². The molecule has 0 radical (unpaired) electrons. The molecule has 7 nitrogen and oxygen atoms in total. The highest BCUT2D eigenvalue weighted by Crippen LogP contribution is 2.25. The normalized spacial score (nSPS) is 19.3. The van der Waals surface area contributed by atoms with Crippen LogP contribution >= 0.6 is 0 Å². The molecule has 0 fully saturated rings. The number of aliphatic hydroxyl groups is 1. The van der Waals surface area contributed by atoms with Crippen molar-refractivity contribution in [1.29, 1.82) is 0 Å². The van der Waals surface area contributed by atoms with Crippen LogP contribution < -0.4 is 22.1 Å². The lowest BCUT2D eigenvalue weighted by atomic mass is 9.93. The number of allylic oxidation sites excluding steroid dienone is 2. The summed E-state index contributed by atoms with van der Waals surface area (Å²) in [5.74, 6) is 0.248. The number of nitrogens with one attached hydrogen (secondary N) is 2. The molecule has 0 saturated carbocycles. The zero-order valence-electron chi connectivity index (χ0n) is 15.7. The van der Waals surface area contributed by atoms with Crippen molar-refractivity contribution in [1.82, 2.24) is 10.3 Å². The highest BCUT2D eigenvalue weighted by molar-refractivity contribution is 6.09. The number of aliphatic imine (C=N–C) groups is 1. The molecule has 2 atom stereocenters. The molecule has 1 aromatic heterocycles. The molecule has 1 aliphatic heterocycles. The Morgan fingerprint density at radius 1 is 1.46 bits per heavy atom. The molecule has 0 aliphatic carbocycles. The van der Waals surface area contributed by atoms with E-state index in [1.165, 1.54) is 6.20 Å². The molecule has 7 heteroatoms. The third-order valence-electron chi connectivity index (χ3n) is 3.93. The fraction of sp³-hybridized carbons (Fsp3) is 0.368. The molecule has 140 valence electrons. The van der Waals surface area contributed by atoms with E-state index >= 15 is 0 Å². The van der Waals surface area contributed by atoms with Crippen molar-refractivity contribution in [3.63, 3.8) is 0 Å². The SMILES string of the molecule is CN=CC(=CN)c1cnc2c(c1)NC(NC(N)/C=C(\O)C(C)(C)C)C=C2. The van der Waals surface area contributed by atoms with Crippen LogP contribution in [0.5, 0.6) is 0 Å². The maximum Gasteiger partial charge on any atom is 0.0979 e. The Kier molecular flexibility index (Phi) is 6.18. The van der Waals surface area contributed by atoms with E-state index in [2.05, 4.69) is 20.6 Å². The van der Waals surface area contributed by atoms with Crippen LogP contribution in [0.1, 0.15) is 32.0 Å². The molecule has 0 saturated heterocycles. The summed E-state index contributed by atoms with van der Waals surface area (Å²) in [5.41, 5.74) is 14.8. The lowest BCUT2D eigenvalue weighted by Crippen LogP contribution is -2.46. The first-order chi connectivity index (χ1) is 12.2. The molecule has 0 amide bonds. The first kappa shape index (κ1) is 19.7. The number of anilines is 1. The van der Waals surface area contributed by atoms with Gasteiger partial charge in [-0.3, -0.25) is 15.3 Å². The van der Waals surface area contributed by atoms with Gasteiger partial charge in [0.15, 0.2) is 0 Å². The van der Waals surface area contributed by atoms with Gasteiger partial charge in [-0.25, -0.2) is 0 Å². The second-order valence-corrected chi connectivity index (χ2v) is 7.14. The average Bonchev–Trinajstić information content (AvgIpc) is 2.58. The fourth-order valence-electron chi connectivity index (χ4n) is 2.41. The van der Waals surface area contributed by atoms with Crippen LogP contribution in [0.2, 0.25) is 0 Å². The van der Waals surface area contributed by atoms with Gasteiger partial charge in [0.1, 0.15) is 0 Å². The van der Waals surface area contributed by atoms with E-state index in [9.17, 15) is 5.11 Å². The van der Waals surface area contributed by atoms with Crippen molar-refractivity contribution in [3.05, 3.63) is 47.6 Å². The number of hydrogen-bond donors (Lipinski definition) is 5. The second-order valence-electron chi connectivity index (χ2n) is 7.14. The number of fused-ring (bicyclic) bond motifs is 1. The first-order valence-electron chi connectivity index (χ1n) is 8.46. The van der Waals surface area contributed by atoms with E-state index in [0.717, 1.165) is 22.5 Å². The molecule has 2 heterocycles. The van der Waals surface area contributed by atoms with Crippen LogP contribution in [-0.4, -0.2) is 35.7 Å². The van der Waals surface area contributed by atoms with Crippen molar-refractivity contribution >= 4 is 23.6 Å². The van der Waals surface area contributed by atoms with Gasteiger partial charge in [-0.2, -0.15) is 0 Å². The predicted molar refractivity (Wildman–Crippen MR) is 109 cm³/mol. The van der Waals surface area contributed by atoms with Gasteiger partial charge >= 0.3 is 0 Å². The summed E-state index contributed by atoms with van der Waals surface area (Å²) in [6.45, 7) is 5.78. The third-order valence-corrected chi connectivity index (χ3v) is 3.93. The molecule has 26 heavy (non-hydrogen) atoms. The maximum atomic E-state index is 10.1. The lowest BCUT2D eigenvalue weighted by molar-refractivity contribution is 0.272. The van der Waals surface area contributed by atoms with E-state index in [4.69, 9.17) is 11.5 Å². The largest absolute Gasteiger partial charge is 0.512 e. The number of rotatable bonds is 5. The fourth-order valence-corrected chi connectivity index (χ4v) is 2.41. The summed E-state index contributed by atoms with van der Waals surface area (Å²) in [6, 6.07) is 1.97. The quantitative estimate of drug-likeness (QED) is 0.313. The Hall–Kier alpha value is -2.64. The zero-order chi connectivity index (χ0) is 19.3. The maximum absolute atomic E-state index is 10.1. The molecule has 0 spiro atoms. The smallest absolute Gasteiger partial charge is 0.0979 e. The average molecular weight is 356 g/mol. The molecule has 7 N–H and O–H groups in total. The van der Waals surface area contributed by atoms with Crippen LogP contribution in [0, 0.1) is 5.41 Å². The van der Waals surface area contributed by atoms with Gasteiger partial charge in [0.2, 0.25) is 0 Å². The van der Waals surface area contributed by atoms with Crippen molar-refractivity contribution in [2.24, 2.45) is 21.9 Å². The highest BCUT2D eigenvalue weighted by atomic mass is 16.3. The van der Waals surface area contributed by atoms with Gasteiger partial charge < -0.3 is 21.9 Å². The summed E-state index contributed by atoms with van der Waals surface area (Å²) in [4.78, 5) is 8.45. The first-order valence-corrected chi connectivity index (χ1v) is 8.46. The van der Waals surface area contributed by atoms with E-state index < -0.39 is 6.17 Å². The van der Waals surface area contributed by atoms with Gasteiger partial charge in [0.25, 0.3) is 0 Å². The van der Waals surface area contributed by atoms with Gasteiger partial charge in [0.05, 0.1) is 29.5 Å². The van der Waals surface area contributed by atoms with E-state index in [1.807, 2.05) is 39.0 Å². The number of hydrogen-bond acceptors (Lipinski definition) is 7. The van der Waals surface area contributed by atoms with E-state index in [-0.39, 0.29) is 17.3 Å². The van der Waals surface area contributed by atoms with E-state index in [0.29, 0.717) is 0 Å². The molecular weight excluding hydrogens is 328 g/mol. The van der Waals surface area contributed by atoms with Gasteiger partial charge in [0, 0.05) is 42.2 Å². The molecule has 0 aromatic carbocycles. The minimum atomic E-state index is -0.499. The monoisotopic (exact) mass is 356 g/mol. The summed E-state index contributed by atoms with van der Waals surface area (Å²) in [7, 11) is 1.69. The van der Waals surface area contributed by atoms with Crippen LogP contribution in [0.25, 0.3) is 11.6 Å². The molecule has 1 aromatic rings. The molecule has 2 rings (SSSR count). The number of aromatic nitrogens is 1. The topological polar surface area (TPSA) is 122 Å². The number of pyridine rings is 1. The standard InChI is InChI=1S/C19H28N6O/c1-19(2,3)16(26)8-17(21)25-18-6-5-14-15(24-18)7-12(11-23-14)13(9-20)10-22-4/h5-11,17-18,24-26H,20-21H2,1-4H3/b13-9?,16-8-,22-10?. The predicted octanol–water partition coefficient (Wildman–Crippen LogP) is 2.21. The number of nitrogens with zero attached hydrogens (tertiary/aromatic N) is 2. The van der Waals surface area contributed by atoms with Crippen LogP contribution in [0.4, 0.5) is 5.69 Å². The van der Waals surface area contributed by atoms with Gasteiger partial charge in [-0.05, 0) is 24.3 Å². The Balaban J connectivity index is 2.14. The second kappa shape index (κ2) is 8.16. The molecular formula is C19H28N6O. The van der Waals surface area contributed by atoms with E-state index in [1.54, 1.807) is 25.5 Å². The summed E-state index contributed by atoms with van der Waals surface area (Å²) in [5, 5.41) is 16.6. The third kappa shape index (κ3) is 4.93. The zero-order valence-corrected chi connectivity index (χ0v) is 15.7. The van der Waals surface area contributed by atoms with Crippen molar-refractivity contribution in [3.8, 4) is 0 Å². The summed E-state index contributed by atoms with van der Waals surface area (Å²) >= 11 is 0. The Labute approximate surface area is 154 Å². The highest BCUT2D eigenvalue weighted by Gasteiger charge is 2.19. The van der Waals surface area contributed by atoms with Crippen LogP contribution in [0.15, 0.2) is 41.4 Å². The Morgan fingerprint density at radius 2 is 2.19 bits per heavy atom. The lowest BCUT2D eigenvalue weighted by Gasteiger charge is -2.26. The summed E-state index contributed by atoms with van der Waals surface area (Å²) < 4.78 is 0. The van der Waals surface area contributed by atoms with Crippen LogP contribution in [0.3, 0.4) is 0 Å². The molecule has 1 aliphatic rings. The Bertz CT molecular complexity index is 758. The molecule has 0 bridgehead atoms. The number of aliphatic hydroxyl groups excluding tert-OH is 1.